The van der Waals surface area contributed by atoms with Crippen molar-refractivity contribution in [2.75, 3.05) is 5.75 Å². The van der Waals surface area contributed by atoms with Crippen molar-refractivity contribution in [3.05, 3.63) is 79.8 Å². The average Bonchev–Trinajstić information content (AvgIpc) is 3.24. The SMILES string of the molecule is CCn1ncc(C(=O)c2cc(C)c3c(c2C)CCCS3)c1OS(=O)(=O)c1ccc(C)cc1.O=O. The Labute approximate surface area is 203 Å². The molecule has 1 aliphatic rings. The van der Waals surface area contributed by atoms with E-state index in [1.807, 2.05) is 45.5 Å². The van der Waals surface area contributed by atoms with Gasteiger partial charge in [-0.25, -0.2) is 4.68 Å². The Morgan fingerprint density at radius 3 is 2.44 bits per heavy atom. The number of fused-ring (bicyclic) bond motifs is 1. The van der Waals surface area contributed by atoms with Gasteiger partial charge in [-0.3, -0.25) is 4.79 Å². The first-order valence-corrected chi connectivity index (χ1v) is 13.2. The molecular formula is C24H26N2O6S2. The molecule has 8 nitrogen and oxygen atoms in total. The molecular weight excluding hydrogens is 476 g/mol. The first kappa shape index (κ1) is 25.6. The normalized spacial score (nSPS) is 12.9. The summed E-state index contributed by atoms with van der Waals surface area (Å²) in [4.78, 5) is 28.9. The third-order valence-corrected chi connectivity index (χ3v) is 8.32. The van der Waals surface area contributed by atoms with Crippen LogP contribution in [0, 0.1) is 30.7 Å². The quantitative estimate of drug-likeness (QED) is 0.344. The number of carbonyl (C=O) groups excluding carboxylic acids is 1. The number of thioether (sulfide) groups is 1. The second-order valence-electron chi connectivity index (χ2n) is 7.98. The summed E-state index contributed by atoms with van der Waals surface area (Å²) >= 11 is 1.83. The second kappa shape index (κ2) is 10.5. The Bertz CT molecular complexity index is 1310. The average molecular weight is 503 g/mol. The Morgan fingerprint density at radius 2 is 1.79 bits per heavy atom. The van der Waals surface area contributed by atoms with E-state index in [4.69, 9.17) is 14.1 Å². The van der Waals surface area contributed by atoms with Crippen LogP contribution < -0.4 is 4.18 Å². The molecule has 0 saturated heterocycles. The maximum absolute atomic E-state index is 13.6. The Hall–Kier alpha value is -2.98. The standard InChI is InChI=1S/C24H26N2O4S2.O2/c1-5-26-24(30-32(28,29)18-10-8-15(2)9-11-18)21(14-25-26)22(27)20-13-16(3)23-19(17(20)4)7-6-12-31-23;1-2/h8-11,13-14H,5-7,12H2,1-4H3;. The van der Waals surface area contributed by atoms with Crippen molar-refractivity contribution in [2.24, 2.45) is 0 Å². The van der Waals surface area contributed by atoms with Crippen molar-refractivity contribution in [3.8, 4) is 5.88 Å². The molecule has 0 bridgehead atoms. The number of hydrogen-bond donors (Lipinski definition) is 0. The zero-order valence-corrected chi connectivity index (χ0v) is 21.1. The van der Waals surface area contributed by atoms with E-state index in [-0.39, 0.29) is 22.1 Å². The number of carbonyl (C=O) groups is 1. The van der Waals surface area contributed by atoms with E-state index in [0.717, 1.165) is 35.3 Å². The molecule has 0 spiro atoms. The summed E-state index contributed by atoms with van der Waals surface area (Å²) < 4.78 is 32.7. The molecule has 10 heteroatoms. The van der Waals surface area contributed by atoms with Crippen molar-refractivity contribution in [3.63, 3.8) is 0 Å². The van der Waals surface area contributed by atoms with Crippen LogP contribution >= 0.6 is 11.8 Å². The molecule has 0 atom stereocenters. The summed E-state index contributed by atoms with van der Waals surface area (Å²) in [5.74, 6) is 0.749. The van der Waals surface area contributed by atoms with Crippen LogP contribution in [0.25, 0.3) is 0 Å². The molecule has 0 amide bonds. The topological polar surface area (TPSA) is 112 Å². The summed E-state index contributed by atoms with van der Waals surface area (Å²) in [7, 11) is -4.12. The van der Waals surface area contributed by atoms with E-state index in [0.29, 0.717) is 12.1 Å². The number of aromatic nitrogens is 2. The highest BCUT2D eigenvalue weighted by molar-refractivity contribution is 7.99. The molecule has 2 aromatic carbocycles. The van der Waals surface area contributed by atoms with E-state index >= 15 is 0 Å². The summed E-state index contributed by atoms with van der Waals surface area (Å²) in [6.45, 7) is 8.04. The van der Waals surface area contributed by atoms with Crippen molar-refractivity contribution in [1.82, 2.24) is 9.78 Å². The highest BCUT2D eigenvalue weighted by Gasteiger charge is 2.28. The van der Waals surface area contributed by atoms with Crippen molar-refractivity contribution < 1.29 is 17.4 Å². The Morgan fingerprint density at radius 1 is 1.12 bits per heavy atom. The molecule has 0 aliphatic carbocycles. The predicted molar refractivity (Wildman–Crippen MR) is 132 cm³/mol. The van der Waals surface area contributed by atoms with E-state index in [1.54, 1.807) is 12.1 Å². The molecule has 1 aliphatic heterocycles. The highest BCUT2D eigenvalue weighted by Crippen LogP contribution is 2.37. The molecule has 0 unspecified atom stereocenters. The van der Waals surface area contributed by atoms with Crippen LogP contribution in [-0.4, -0.2) is 29.7 Å². The third kappa shape index (κ3) is 4.92. The lowest BCUT2D eigenvalue weighted by atomic mass is 9.92. The van der Waals surface area contributed by atoms with Gasteiger partial charge in [-0.1, -0.05) is 17.7 Å². The van der Waals surface area contributed by atoms with Gasteiger partial charge in [0, 0.05) is 26.9 Å². The van der Waals surface area contributed by atoms with Gasteiger partial charge in [0.1, 0.15) is 10.5 Å². The largest absolute Gasteiger partial charge is 0.358 e. The lowest BCUT2D eigenvalue weighted by molar-refractivity contribution is 0.103. The van der Waals surface area contributed by atoms with Gasteiger partial charge < -0.3 is 4.18 Å². The molecule has 2 heterocycles. The minimum absolute atomic E-state index is 0.0307. The number of ketones is 1. The van der Waals surface area contributed by atoms with E-state index in [2.05, 4.69) is 5.10 Å². The lowest BCUT2D eigenvalue weighted by Gasteiger charge is -2.22. The van der Waals surface area contributed by atoms with Crippen LogP contribution in [0.3, 0.4) is 0 Å². The maximum atomic E-state index is 13.6. The Balaban J connectivity index is 0.00000158. The zero-order valence-electron chi connectivity index (χ0n) is 19.5. The maximum Gasteiger partial charge on any atom is 0.340 e. The number of rotatable bonds is 6. The third-order valence-electron chi connectivity index (χ3n) is 5.75. The zero-order chi connectivity index (χ0) is 25.0. The fourth-order valence-corrected chi connectivity index (χ4v) is 6.13. The first-order chi connectivity index (χ1) is 16.2. The molecule has 34 heavy (non-hydrogen) atoms. The number of aryl methyl sites for hydroxylation is 3. The molecule has 4 rings (SSSR count). The number of hydrogen-bond acceptors (Lipinski definition) is 8. The van der Waals surface area contributed by atoms with Crippen LogP contribution in [-0.2, 0) is 23.1 Å². The number of benzene rings is 2. The monoisotopic (exact) mass is 502 g/mol. The van der Waals surface area contributed by atoms with Gasteiger partial charge in [-0.05, 0) is 81.2 Å². The van der Waals surface area contributed by atoms with Crippen LogP contribution in [0.4, 0.5) is 0 Å². The molecule has 1 aromatic heterocycles. The van der Waals surface area contributed by atoms with Gasteiger partial charge in [-0.15, -0.1) is 11.8 Å². The highest BCUT2D eigenvalue weighted by atomic mass is 32.2. The first-order valence-electron chi connectivity index (χ1n) is 10.8. The summed E-state index contributed by atoms with van der Waals surface area (Å²) in [6, 6.07) is 8.30. The van der Waals surface area contributed by atoms with E-state index in [9.17, 15) is 13.2 Å². The minimum Gasteiger partial charge on any atom is -0.358 e. The van der Waals surface area contributed by atoms with Gasteiger partial charge in [0.05, 0.1) is 6.20 Å². The van der Waals surface area contributed by atoms with E-state index in [1.165, 1.54) is 33.5 Å². The van der Waals surface area contributed by atoms with Gasteiger partial charge in [0.15, 0.2) is 5.78 Å². The van der Waals surface area contributed by atoms with Gasteiger partial charge in [0.25, 0.3) is 0 Å². The van der Waals surface area contributed by atoms with E-state index < -0.39 is 10.1 Å². The molecule has 0 N–H and O–H groups in total. The predicted octanol–water partition coefficient (Wildman–Crippen LogP) is 4.93. The van der Waals surface area contributed by atoms with Gasteiger partial charge in [-0.2, -0.15) is 13.5 Å². The Kier molecular flexibility index (Phi) is 7.93. The summed E-state index contributed by atoms with van der Waals surface area (Å²) in [6.07, 6.45) is 3.41. The summed E-state index contributed by atoms with van der Waals surface area (Å²) in [5.41, 5.74) is 4.87. The van der Waals surface area contributed by atoms with Crippen molar-refractivity contribution in [2.45, 2.75) is 56.9 Å². The smallest absolute Gasteiger partial charge is 0.340 e. The van der Waals surface area contributed by atoms with Crippen LogP contribution in [0.2, 0.25) is 0 Å². The second-order valence-corrected chi connectivity index (χ2v) is 10.6. The van der Waals surface area contributed by atoms with Gasteiger partial charge >= 0.3 is 10.1 Å². The van der Waals surface area contributed by atoms with Crippen molar-refractivity contribution in [1.29, 1.82) is 0 Å². The van der Waals surface area contributed by atoms with Crippen LogP contribution in [0.1, 0.15) is 51.5 Å². The summed E-state index contributed by atoms with van der Waals surface area (Å²) in [5, 5.41) is 4.22. The molecule has 180 valence electrons. The van der Waals surface area contributed by atoms with Crippen LogP contribution in [0.5, 0.6) is 5.88 Å². The molecule has 3 aromatic rings. The molecule has 0 fully saturated rings. The molecule has 0 radical (unpaired) electrons. The lowest BCUT2D eigenvalue weighted by Crippen LogP contribution is -2.16. The van der Waals surface area contributed by atoms with Gasteiger partial charge in [0.2, 0.25) is 5.88 Å². The molecule has 0 saturated carbocycles. The van der Waals surface area contributed by atoms with Crippen LogP contribution in [0.15, 0.2) is 46.3 Å². The number of nitrogens with zero attached hydrogens (tertiary/aromatic N) is 2. The fourth-order valence-electron chi connectivity index (χ4n) is 3.97. The fraction of sp³-hybridized carbons (Fsp3) is 0.333. The minimum atomic E-state index is -4.12. The van der Waals surface area contributed by atoms with Crippen molar-refractivity contribution >= 4 is 27.7 Å².